The highest BCUT2D eigenvalue weighted by Gasteiger charge is 2.23. The summed E-state index contributed by atoms with van der Waals surface area (Å²) in [6.45, 7) is 3.00. The quantitative estimate of drug-likeness (QED) is 0.860. The van der Waals surface area contributed by atoms with Gasteiger partial charge in [0, 0.05) is 29.9 Å². The average Bonchev–Trinajstić information content (AvgIpc) is 3.37. The fourth-order valence-electron chi connectivity index (χ4n) is 2.12. The van der Waals surface area contributed by atoms with Crippen molar-refractivity contribution in [2.75, 3.05) is 11.9 Å². The van der Waals surface area contributed by atoms with Gasteiger partial charge >= 0.3 is 0 Å². The summed E-state index contributed by atoms with van der Waals surface area (Å²) in [5.41, 5.74) is 1.58. The van der Waals surface area contributed by atoms with Gasteiger partial charge in [0.15, 0.2) is 5.82 Å². The van der Waals surface area contributed by atoms with Gasteiger partial charge in [-0.15, -0.1) is 0 Å². The third-order valence-electron chi connectivity index (χ3n) is 3.53. The van der Waals surface area contributed by atoms with Gasteiger partial charge in [0.2, 0.25) is 0 Å². The van der Waals surface area contributed by atoms with Crippen molar-refractivity contribution in [1.29, 1.82) is 0 Å². The van der Waals surface area contributed by atoms with Crippen LogP contribution in [0.1, 0.15) is 36.5 Å². The van der Waals surface area contributed by atoms with Gasteiger partial charge in [-0.1, -0.05) is 19.1 Å². The third-order valence-corrected chi connectivity index (χ3v) is 3.53. The monoisotopic (exact) mass is 296 g/mol. The molecule has 0 spiro atoms. The van der Waals surface area contributed by atoms with Crippen LogP contribution in [0.5, 0.6) is 0 Å². The highest BCUT2D eigenvalue weighted by molar-refractivity contribution is 5.94. The lowest BCUT2D eigenvalue weighted by Crippen LogP contribution is -2.25. The molecule has 1 aromatic carbocycles. The standard InChI is InChI=1S/C17H20N4O/c1-2-10-18-15-9-11-19-16(21-15)12-3-5-13(6-4-12)17(22)20-14-7-8-14/h3-6,9,11,14H,2,7-8,10H2,1H3,(H,20,22)(H,18,19,21). The van der Waals surface area contributed by atoms with Crippen molar-refractivity contribution in [3.05, 3.63) is 42.1 Å². The van der Waals surface area contributed by atoms with Crippen molar-refractivity contribution in [3.8, 4) is 11.4 Å². The van der Waals surface area contributed by atoms with Crippen LogP contribution in [0, 0.1) is 0 Å². The van der Waals surface area contributed by atoms with E-state index in [1.165, 1.54) is 0 Å². The molecule has 1 aromatic heterocycles. The molecule has 3 rings (SSSR count). The van der Waals surface area contributed by atoms with Crippen molar-refractivity contribution in [3.63, 3.8) is 0 Å². The number of nitrogens with zero attached hydrogens (tertiary/aromatic N) is 2. The molecule has 1 saturated carbocycles. The number of nitrogens with one attached hydrogen (secondary N) is 2. The third kappa shape index (κ3) is 3.61. The summed E-state index contributed by atoms with van der Waals surface area (Å²) in [6, 6.07) is 9.65. The number of carbonyl (C=O) groups excluding carboxylic acids is 1. The molecule has 2 N–H and O–H groups in total. The molecule has 22 heavy (non-hydrogen) atoms. The van der Waals surface area contributed by atoms with Gasteiger partial charge in [-0.2, -0.15) is 0 Å². The van der Waals surface area contributed by atoms with Gasteiger partial charge < -0.3 is 10.6 Å². The summed E-state index contributed by atoms with van der Waals surface area (Å²) in [6.07, 6.45) is 4.97. The Labute approximate surface area is 130 Å². The molecule has 1 amide bonds. The van der Waals surface area contributed by atoms with E-state index in [1.54, 1.807) is 6.20 Å². The first-order valence-corrected chi connectivity index (χ1v) is 7.74. The van der Waals surface area contributed by atoms with E-state index in [2.05, 4.69) is 27.5 Å². The molecule has 1 fully saturated rings. The largest absolute Gasteiger partial charge is 0.370 e. The number of anilines is 1. The maximum Gasteiger partial charge on any atom is 0.251 e. The van der Waals surface area contributed by atoms with Crippen LogP contribution in [0.3, 0.4) is 0 Å². The maximum absolute atomic E-state index is 12.0. The van der Waals surface area contributed by atoms with E-state index in [9.17, 15) is 4.79 Å². The van der Waals surface area contributed by atoms with Crippen LogP contribution in [-0.4, -0.2) is 28.5 Å². The zero-order valence-electron chi connectivity index (χ0n) is 12.7. The summed E-state index contributed by atoms with van der Waals surface area (Å²) in [5, 5.41) is 6.23. The molecule has 114 valence electrons. The summed E-state index contributed by atoms with van der Waals surface area (Å²) in [5.74, 6) is 1.48. The normalized spacial score (nSPS) is 13.7. The van der Waals surface area contributed by atoms with Crippen LogP contribution in [0.2, 0.25) is 0 Å². The number of hydrogen-bond donors (Lipinski definition) is 2. The lowest BCUT2D eigenvalue weighted by Gasteiger charge is -2.07. The second kappa shape index (κ2) is 6.56. The Morgan fingerprint density at radius 2 is 2.00 bits per heavy atom. The summed E-state index contributed by atoms with van der Waals surface area (Å²) >= 11 is 0. The summed E-state index contributed by atoms with van der Waals surface area (Å²) < 4.78 is 0. The average molecular weight is 296 g/mol. The van der Waals surface area contributed by atoms with Crippen LogP contribution in [0.15, 0.2) is 36.5 Å². The fourth-order valence-corrected chi connectivity index (χ4v) is 2.12. The van der Waals surface area contributed by atoms with Crippen LogP contribution in [-0.2, 0) is 0 Å². The maximum atomic E-state index is 12.0. The molecule has 1 heterocycles. The SMILES string of the molecule is CCCNc1ccnc(-c2ccc(C(=O)NC3CC3)cc2)n1. The van der Waals surface area contributed by atoms with Gasteiger partial charge in [-0.05, 0) is 37.5 Å². The first-order valence-electron chi connectivity index (χ1n) is 7.74. The van der Waals surface area contributed by atoms with Crippen molar-refractivity contribution in [2.45, 2.75) is 32.2 Å². The van der Waals surface area contributed by atoms with Gasteiger partial charge in [0.1, 0.15) is 5.82 Å². The number of amides is 1. The van der Waals surface area contributed by atoms with Crippen LogP contribution in [0.25, 0.3) is 11.4 Å². The van der Waals surface area contributed by atoms with E-state index in [-0.39, 0.29) is 5.91 Å². The van der Waals surface area contributed by atoms with Crippen LogP contribution in [0.4, 0.5) is 5.82 Å². The Kier molecular flexibility index (Phi) is 4.32. The van der Waals surface area contributed by atoms with E-state index in [0.29, 0.717) is 17.4 Å². The molecular weight excluding hydrogens is 276 g/mol. The lowest BCUT2D eigenvalue weighted by atomic mass is 10.1. The molecule has 1 aliphatic rings. The van der Waals surface area contributed by atoms with Gasteiger partial charge in [0.25, 0.3) is 5.91 Å². The van der Waals surface area contributed by atoms with Crippen molar-refractivity contribution < 1.29 is 4.79 Å². The second-order valence-corrected chi connectivity index (χ2v) is 5.52. The molecule has 0 aliphatic heterocycles. The number of hydrogen-bond acceptors (Lipinski definition) is 4. The lowest BCUT2D eigenvalue weighted by molar-refractivity contribution is 0.0951. The predicted molar refractivity (Wildman–Crippen MR) is 86.7 cm³/mol. The molecular formula is C17H20N4O. The van der Waals surface area contributed by atoms with Crippen LogP contribution < -0.4 is 10.6 Å². The van der Waals surface area contributed by atoms with Gasteiger partial charge in [-0.25, -0.2) is 9.97 Å². The zero-order chi connectivity index (χ0) is 15.4. The Bertz CT molecular complexity index is 650. The molecule has 0 unspecified atom stereocenters. The molecule has 0 saturated heterocycles. The number of rotatable bonds is 6. The van der Waals surface area contributed by atoms with E-state index < -0.39 is 0 Å². The fraction of sp³-hybridized carbons (Fsp3) is 0.353. The predicted octanol–water partition coefficient (Wildman–Crippen LogP) is 2.86. The molecule has 0 radical (unpaired) electrons. The number of benzene rings is 1. The van der Waals surface area contributed by atoms with E-state index >= 15 is 0 Å². The smallest absolute Gasteiger partial charge is 0.251 e. The highest BCUT2D eigenvalue weighted by Crippen LogP contribution is 2.20. The van der Waals surface area contributed by atoms with Crippen molar-refractivity contribution in [2.24, 2.45) is 0 Å². The first kappa shape index (κ1) is 14.5. The van der Waals surface area contributed by atoms with E-state index in [0.717, 1.165) is 37.2 Å². The molecule has 0 atom stereocenters. The molecule has 5 nitrogen and oxygen atoms in total. The zero-order valence-corrected chi connectivity index (χ0v) is 12.7. The van der Waals surface area contributed by atoms with Crippen molar-refractivity contribution >= 4 is 11.7 Å². The molecule has 2 aromatic rings. The minimum absolute atomic E-state index is 0.00617. The molecule has 0 bridgehead atoms. The summed E-state index contributed by atoms with van der Waals surface area (Å²) in [4.78, 5) is 20.8. The molecule has 5 heteroatoms. The van der Waals surface area contributed by atoms with Crippen molar-refractivity contribution in [1.82, 2.24) is 15.3 Å². The Hall–Kier alpha value is -2.43. The van der Waals surface area contributed by atoms with Crippen LogP contribution >= 0.6 is 0 Å². The van der Waals surface area contributed by atoms with E-state index in [4.69, 9.17) is 0 Å². The van der Waals surface area contributed by atoms with E-state index in [1.807, 2.05) is 30.3 Å². The van der Waals surface area contributed by atoms with Gasteiger partial charge in [-0.3, -0.25) is 4.79 Å². The number of aromatic nitrogens is 2. The highest BCUT2D eigenvalue weighted by atomic mass is 16.1. The Morgan fingerprint density at radius 1 is 1.23 bits per heavy atom. The molecule has 1 aliphatic carbocycles. The second-order valence-electron chi connectivity index (χ2n) is 5.52. The summed E-state index contributed by atoms with van der Waals surface area (Å²) in [7, 11) is 0. The minimum atomic E-state index is -0.00617. The first-order chi connectivity index (χ1) is 10.8. The Balaban J connectivity index is 1.72. The number of carbonyl (C=O) groups is 1. The topological polar surface area (TPSA) is 66.9 Å². The van der Waals surface area contributed by atoms with Gasteiger partial charge in [0.05, 0.1) is 0 Å². The Morgan fingerprint density at radius 3 is 2.68 bits per heavy atom. The minimum Gasteiger partial charge on any atom is -0.370 e.